The fourth-order valence-corrected chi connectivity index (χ4v) is 4.17. The Morgan fingerprint density at radius 2 is 1.95 bits per heavy atom. The molecule has 39 heavy (non-hydrogen) atoms. The summed E-state index contributed by atoms with van der Waals surface area (Å²) in [6.07, 6.45) is 7.71. The maximum atomic E-state index is 15.2. The molecule has 0 aliphatic heterocycles. The third-order valence-electron chi connectivity index (χ3n) is 5.78. The minimum Gasteiger partial charge on any atom is -0.711 e. The van der Waals surface area contributed by atoms with E-state index in [1.807, 2.05) is 0 Å². The van der Waals surface area contributed by atoms with E-state index in [0.717, 1.165) is 12.5 Å². The zero-order chi connectivity index (χ0) is 27.5. The Hall–Kier alpha value is -4.63. The Labute approximate surface area is 222 Å². The van der Waals surface area contributed by atoms with E-state index in [-0.39, 0.29) is 40.6 Å². The number of tetrazole rings is 1. The molecule has 0 fully saturated rings. The Bertz CT molecular complexity index is 1580. The monoisotopic (exact) mass is 559 g/mol. The summed E-state index contributed by atoms with van der Waals surface area (Å²) in [7, 11) is 0. The molecule has 0 spiro atoms. The molecule has 4 aromatic heterocycles. The van der Waals surface area contributed by atoms with Crippen molar-refractivity contribution in [3.8, 4) is 28.1 Å². The fraction of sp³-hybridized carbons (Fsp3) is 0.174. The molecule has 0 saturated heterocycles. The molecule has 5 aromatic rings. The molecule has 16 heteroatoms. The van der Waals surface area contributed by atoms with Crippen molar-refractivity contribution in [2.45, 2.75) is 19.1 Å². The zero-order valence-electron chi connectivity index (χ0n) is 19.7. The maximum absolute atomic E-state index is 15.2. The maximum Gasteiger partial charge on any atom is 0.345 e. The van der Waals surface area contributed by atoms with Gasteiger partial charge in [0.05, 0.1) is 46.4 Å². The average Bonchev–Trinajstić information content (AvgIpc) is 3.62. The van der Waals surface area contributed by atoms with Crippen molar-refractivity contribution >= 4 is 11.6 Å². The highest BCUT2D eigenvalue weighted by Gasteiger charge is 2.26. The van der Waals surface area contributed by atoms with Gasteiger partial charge in [-0.3, -0.25) is 4.68 Å². The molecule has 4 heterocycles. The largest absolute Gasteiger partial charge is 0.711 e. The molecule has 0 amide bonds. The molecule has 0 radical (unpaired) electrons. The topological polar surface area (TPSA) is 137 Å². The van der Waals surface area contributed by atoms with Crippen LogP contribution in [0, 0.1) is 16.2 Å². The molecule has 5 rings (SSSR count). The summed E-state index contributed by atoms with van der Waals surface area (Å²) >= 11 is 6.01. The lowest BCUT2D eigenvalue weighted by Gasteiger charge is -2.18. The van der Waals surface area contributed by atoms with Gasteiger partial charge in [-0.2, -0.15) is 23.3 Å². The van der Waals surface area contributed by atoms with Crippen molar-refractivity contribution in [3.05, 3.63) is 94.7 Å². The average molecular weight is 560 g/mol. The van der Waals surface area contributed by atoms with Gasteiger partial charge in [0.15, 0.2) is 17.7 Å². The molecule has 0 N–H and O–H groups in total. The van der Waals surface area contributed by atoms with Gasteiger partial charge in [-0.05, 0) is 33.6 Å². The number of pyridine rings is 1. The van der Waals surface area contributed by atoms with Crippen molar-refractivity contribution in [1.29, 1.82) is 0 Å². The van der Waals surface area contributed by atoms with Gasteiger partial charge in [-0.25, -0.2) is 9.12 Å². The minimum absolute atomic E-state index is 0.0179. The smallest absolute Gasteiger partial charge is 0.345 e. The highest BCUT2D eigenvalue weighted by molar-refractivity contribution is 6.31. The van der Waals surface area contributed by atoms with Crippen LogP contribution in [-0.4, -0.2) is 48.2 Å². The second-order valence-electron chi connectivity index (χ2n) is 8.13. The van der Waals surface area contributed by atoms with Crippen molar-refractivity contribution in [2.24, 2.45) is 0 Å². The number of hydrogen-bond acceptors (Lipinski definition) is 8. The van der Waals surface area contributed by atoms with Crippen molar-refractivity contribution in [2.75, 3.05) is 6.61 Å². The molecule has 0 bridgehead atoms. The van der Waals surface area contributed by atoms with Crippen molar-refractivity contribution < 1.29 is 27.4 Å². The molecule has 0 aliphatic carbocycles. The Kier molecular flexibility index (Phi) is 7.33. The van der Waals surface area contributed by atoms with Gasteiger partial charge >= 0.3 is 6.61 Å². The van der Waals surface area contributed by atoms with E-state index in [1.165, 1.54) is 58.4 Å². The lowest BCUT2D eigenvalue weighted by molar-refractivity contribution is -0.615. The number of nitrogens with zero attached hydrogens (tertiary/aromatic N) is 9. The van der Waals surface area contributed by atoms with Gasteiger partial charge < -0.3 is 15.2 Å². The lowest BCUT2D eigenvalue weighted by Crippen LogP contribution is -2.36. The zero-order valence-corrected chi connectivity index (χ0v) is 20.4. The van der Waals surface area contributed by atoms with E-state index in [9.17, 15) is 19.2 Å². The van der Waals surface area contributed by atoms with Crippen LogP contribution in [0.2, 0.25) is 5.02 Å². The van der Waals surface area contributed by atoms with E-state index < -0.39 is 18.5 Å². The Morgan fingerprint density at radius 3 is 2.64 bits per heavy atom. The molecular weight excluding hydrogens is 543 g/mol. The van der Waals surface area contributed by atoms with E-state index in [0.29, 0.717) is 20.7 Å². The number of alkyl halides is 2. The number of hydrogen-bond donors (Lipinski definition) is 0. The lowest BCUT2D eigenvalue weighted by atomic mass is 10.0. The number of ether oxygens (including phenoxy) is 1. The predicted octanol–water partition coefficient (Wildman–Crippen LogP) is 2.87. The van der Waals surface area contributed by atoms with Crippen molar-refractivity contribution in [1.82, 2.24) is 35.0 Å². The molecule has 1 aromatic carbocycles. The summed E-state index contributed by atoms with van der Waals surface area (Å²) in [5.74, 6) is -0.786. The Morgan fingerprint density at radius 1 is 1.10 bits per heavy atom. The SMILES string of the molecule is [O-][n+]1ccc(-c2cnn(C(CCOC(F)F)c3ccc(-c4c(-n5cnnn5)ccc(Cl)c4F)c[n+]3[O-])c2)nc1. The van der Waals surface area contributed by atoms with Crippen LogP contribution in [0.25, 0.3) is 28.1 Å². The number of benzene rings is 1. The van der Waals surface area contributed by atoms with Crippen molar-refractivity contribution in [3.63, 3.8) is 0 Å². The highest BCUT2D eigenvalue weighted by Crippen LogP contribution is 2.33. The van der Waals surface area contributed by atoms with Gasteiger partial charge in [0.25, 0.3) is 6.33 Å². The summed E-state index contributed by atoms with van der Waals surface area (Å²) in [5, 5.41) is 39.6. The number of rotatable bonds is 9. The van der Waals surface area contributed by atoms with Gasteiger partial charge in [0.1, 0.15) is 12.4 Å². The summed E-state index contributed by atoms with van der Waals surface area (Å²) < 4.78 is 48.6. The Balaban J connectivity index is 1.54. The van der Waals surface area contributed by atoms with Gasteiger partial charge in [-0.15, -0.1) is 5.10 Å². The second kappa shape index (κ2) is 11.0. The summed E-state index contributed by atoms with van der Waals surface area (Å²) in [4.78, 5) is 4.03. The van der Waals surface area contributed by atoms with Crippen LogP contribution < -0.4 is 9.46 Å². The quantitative estimate of drug-likeness (QED) is 0.198. The minimum atomic E-state index is -3.00. The van der Waals surface area contributed by atoms with E-state index >= 15 is 4.39 Å². The van der Waals surface area contributed by atoms with Gasteiger partial charge in [0.2, 0.25) is 5.69 Å². The molecule has 0 saturated carbocycles. The van der Waals surface area contributed by atoms with Crippen LogP contribution >= 0.6 is 11.6 Å². The third-order valence-corrected chi connectivity index (χ3v) is 6.08. The van der Waals surface area contributed by atoms with Crippen LogP contribution in [0.1, 0.15) is 18.2 Å². The fourth-order valence-electron chi connectivity index (χ4n) is 4.02. The van der Waals surface area contributed by atoms with Crippen LogP contribution in [-0.2, 0) is 4.74 Å². The summed E-state index contributed by atoms with van der Waals surface area (Å²) in [6, 6.07) is 6.39. The first-order chi connectivity index (χ1) is 18.8. The molecule has 1 atom stereocenters. The van der Waals surface area contributed by atoms with Crippen LogP contribution in [0.4, 0.5) is 13.2 Å². The predicted molar refractivity (Wildman–Crippen MR) is 128 cm³/mol. The first-order valence-corrected chi connectivity index (χ1v) is 11.6. The van der Waals surface area contributed by atoms with Crippen LogP contribution in [0.5, 0.6) is 0 Å². The third kappa shape index (κ3) is 5.49. The molecule has 1 unspecified atom stereocenters. The van der Waals surface area contributed by atoms with E-state index in [1.54, 1.807) is 6.20 Å². The van der Waals surface area contributed by atoms with Gasteiger partial charge in [0, 0.05) is 24.8 Å². The van der Waals surface area contributed by atoms with Gasteiger partial charge in [-0.1, -0.05) is 11.6 Å². The number of aromatic nitrogens is 9. The first-order valence-electron chi connectivity index (χ1n) is 11.3. The molecule has 200 valence electrons. The summed E-state index contributed by atoms with van der Waals surface area (Å²) in [5.41, 5.74) is 1.47. The normalized spacial score (nSPS) is 12.2. The van der Waals surface area contributed by atoms with Crippen LogP contribution in [0.15, 0.2) is 67.8 Å². The first kappa shape index (κ1) is 26.0. The number of halogens is 4. The second-order valence-corrected chi connectivity index (χ2v) is 8.54. The van der Waals surface area contributed by atoms with Crippen LogP contribution in [0.3, 0.4) is 0 Å². The van der Waals surface area contributed by atoms with E-state index in [4.69, 9.17) is 11.6 Å². The van der Waals surface area contributed by atoms with E-state index in [2.05, 4.69) is 30.3 Å². The highest BCUT2D eigenvalue weighted by atomic mass is 35.5. The standard InChI is InChI=1S/C23H17ClF3N9O3/c24-16-2-4-20(35-13-29-31-32-35)21(22(16)25)14-1-3-19(36(38)11-14)18(6-8-39-23(26)27)34-10-15(9-30-34)17-5-7-33(37)12-28-17/h1-5,7,9-13,18,23H,6,8H2. The molecule has 0 aliphatic rings. The summed E-state index contributed by atoms with van der Waals surface area (Å²) in [6.45, 7) is -3.38. The molecule has 12 nitrogen and oxygen atoms in total. The molecular formula is C23H17ClF3N9O3.